The predicted molar refractivity (Wildman–Crippen MR) is 108 cm³/mol. The fourth-order valence-corrected chi connectivity index (χ4v) is 3.84. The number of hydrogen-bond acceptors (Lipinski definition) is 2. The lowest BCUT2D eigenvalue weighted by Gasteiger charge is -2.06. The third-order valence-electron chi connectivity index (χ3n) is 5.08. The first-order chi connectivity index (χ1) is 13.0. The Bertz CT molecular complexity index is 1210. The molecule has 0 fully saturated rings. The fraction of sp³-hybridized carbons (Fsp3) is 0.250. The van der Waals surface area contributed by atoms with Crippen LogP contribution in [0.3, 0.4) is 0 Å². The summed E-state index contributed by atoms with van der Waals surface area (Å²) in [5, 5.41) is 11.6. The molecular formula is C24H23N2O+. The molecule has 0 amide bonds. The van der Waals surface area contributed by atoms with E-state index in [-0.39, 0.29) is 0 Å². The zero-order valence-corrected chi connectivity index (χ0v) is 16.2. The van der Waals surface area contributed by atoms with Crippen molar-refractivity contribution in [1.82, 2.24) is 0 Å². The van der Waals surface area contributed by atoms with Gasteiger partial charge in [0.1, 0.15) is 18.2 Å². The van der Waals surface area contributed by atoms with E-state index in [0.717, 1.165) is 45.2 Å². The second-order valence-corrected chi connectivity index (χ2v) is 7.68. The molecular weight excluding hydrogens is 332 g/mol. The summed E-state index contributed by atoms with van der Waals surface area (Å²) in [6.07, 6.45) is 2.95. The molecule has 0 aliphatic rings. The number of aryl methyl sites for hydroxylation is 2. The molecule has 4 rings (SSSR count). The van der Waals surface area contributed by atoms with Gasteiger partial charge >= 0.3 is 0 Å². The summed E-state index contributed by atoms with van der Waals surface area (Å²) in [6, 6.07) is 16.7. The molecule has 0 N–H and O–H groups in total. The van der Waals surface area contributed by atoms with Gasteiger partial charge < -0.3 is 4.42 Å². The normalized spacial score (nSPS) is 11.4. The molecule has 4 aromatic rings. The number of fused-ring (bicyclic) bond motifs is 3. The van der Waals surface area contributed by atoms with E-state index in [0.29, 0.717) is 11.5 Å². The zero-order valence-electron chi connectivity index (χ0n) is 16.2. The minimum absolute atomic E-state index is 0.496. The Hall–Kier alpha value is -3.12. The van der Waals surface area contributed by atoms with Gasteiger partial charge in [-0.3, -0.25) is 0 Å². The maximum atomic E-state index is 9.46. The van der Waals surface area contributed by atoms with Gasteiger partial charge in [-0.1, -0.05) is 13.8 Å². The second-order valence-electron chi connectivity index (χ2n) is 7.68. The number of rotatable bonds is 3. The van der Waals surface area contributed by atoms with E-state index in [1.165, 1.54) is 5.56 Å². The van der Waals surface area contributed by atoms with E-state index in [9.17, 15) is 5.26 Å². The summed E-state index contributed by atoms with van der Waals surface area (Å²) >= 11 is 0. The molecule has 0 spiro atoms. The Balaban J connectivity index is 2.02. The van der Waals surface area contributed by atoms with Crippen LogP contribution in [0.15, 0.2) is 53.1 Å². The summed E-state index contributed by atoms with van der Waals surface area (Å²) < 4.78 is 8.44. The molecule has 0 saturated heterocycles. The van der Waals surface area contributed by atoms with Crippen LogP contribution < -0.4 is 4.57 Å². The van der Waals surface area contributed by atoms with Crippen molar-refractivity contribution in [2.24, 2.45) is 13.0 Å². The SMILES string of the molecule is Cc1cc2c(cc1-c1cccc[n+]1C)oc1c(CC(C)C)cc(C#N)cc12. The molecule has 0 unspecified atom stereocenters. The molecule has 0 bridgehead atoms. The first-order valence-electron chi connectivity index (χ1n) is 9.33. The first-order valence-corrected chi connectivity index (χ1v) is 9.33. The van der Waals surface area contributed by atoms with Gasteiger partial charge in [0.15, 0.2) is 6.20 Å². The Labute approximate surface area is 159 Å². The third kappa shape index (κ3) is 2.98. The number of benzene rings is 2. The smallest absolute Gasteiger partial charge is 0.212 e. The van der Waals surface area contributed by atoms with E-state index in [2.05, 4.69) is 68.9 Å². The van der Waals surface area contributed by atoms with Crippen molar-refractivity contribution in [3.05, 3.63) is 65.4 Å². The number of furan rings is 1. The largest absolute Gasteiger partial charge is 0.456 e. The Kier molecular flexibility index (Phi) is 4.20. The molecule has 0 radical (unpaired) electrons. The maximum absolute atomic E-state index is 9.46. The molecule has 2 aromatic carbocycles. The van der Waals surface area contributed by atoms with Gasteiger partial charge in [-0.05, 0) is 60.7 Å². The average molecular weight is 355 g/mol. The highest BCUT2D eigenvalue weighted by atomic mass is 16.3. The summed E-state index contributed by atoms with van der Waals surface area (Å²) in [6.45, 7) is 6.50. The van der Waals surface area contributed by atoms with Crippen molar-refractivity contribution in [3.63, 3.8) is 0 Å². The molecule has 3 heteroatoms. The van der Waals surface area contributed by atoms with Crippen molar-refractivity contribution in [2.75, 3.05) is 0 Å². The van der Waals surface area contributed by atoms with Gasteiger partial charge in [0.05, 0.1) is 17.2 Å². The number of hydrogen-bond donors (Lipinski definition) is 0. The Morgan fingerprint density at radius 2 is 1.93 bits per heavy atom. The molecule has 27 heavy (non-hydrogen) atoms. The molecule has 0 aliphatic carbocycles. The molecule has 0 atom stereocenters. The third-order valence-corrected chi connectivity index (χ3v) is 5.08. The summed E-state index contributed by atoms with van der Waals surface area (Å²) in [5.41, 5.74) is 7.09. The van der Waals surface area contributed by atoms with Crippen LogP contribution >= 0.6 is 0 Å². The Morgan fingerprint density at radius 3 is 2.63 bits per heavy atom. The van der Waals surface area contributed by atoms with Crippen LogP contribution in [0.1, 0.15) is 30.5 Å². The monoisotopic (exact) mass is 355 g/mol. The number of nitrogens with zero attached hydrogens (tertiary/aromatic N) is 2. The van der Waals surface area contributed by atoms with Crippen LogP contribution in [0.4, 0.5) is 0 Å². The number of nitriles is 1. The van der Waals surface area contributed by atoms with Crippen LogP contribution in [0, 0.1) is 24.2 Å². The van der Waals surface area contributed by atoms with E-state index in [4.69, 9.17) is 4.42 Å². The van der Waals surface area contributed by atoms with E-state index in [1.807, 2.05) is 18.2 Å². The lowest BCUT2D eigenvalue weighted by molar-refractivity contribution is -0.660. The topological polar surface area (TPSA) is 40.8 Å². The van der Waals surface area contributed by atoms with Crippen molar-refractivity contribution in [3.8, 4) is 17.3 Å². The van der Waals surface area contributed by atoms with E-state index >= 15 is 0 Å². The molecule has 2 heterocycles. The van der Waals surface area contributed by atoms with Crippen LogP contribution in [-0.4, -0.2) is 0 Å². The molecule has 0 saturated carbocycles. The van der Waals surface area contributed by atoms with Gasteiger partial charge in [-0.25, -0.2) is 4.57 Å². The standard InChI is InChI=1S/C24H23N2O/c1-15(2)9-18-11-17(14-25)12-21-20-10-16(3)19(13-23(20)27-24(18)21)22-7-5-6-8-26(22)4/h5-8,10-13,15H,9H2,1-4H3/q+1. The van der Waals surface area contributed by atoms with Crippen LogP contribution in [0.5, 0.6) is 0 Å². The van der Waals surface area contributed by atoms with E-state index < -0.39 is 0 Å². The van der Waals surface area contributed by atoms with Crippen molar-refractivity contribution < 1.29 is 8.98 Å². The minimum atomic E-state index is 0.496. The maximum Gasteiger partial charge on any atom is 0.212 e. The van der Waals surface area contributed by atoms with E-state index in [1.54, 1.807) is 0 Å². The summed E-state index contributed by atoms with van der Waals surface area (Å²) in [5.74, 6) is 0.496. The Morgan fingerprint density at radius 1 is 1.11 bits per heavy atom. The van der Waals surface area contributed by atoms with Crippen LogP contribution in [0.2, 0.25) is 0 Å². The highest BCUT2D eigenvalue weighted by Crippen LogP contribution is 2.36. The summed E-state index contributed by atoms with van der Waals surface area (Å²) in [7, 11) is 2.05. The van der Waals surface area contributed by atoms with Crippen LogP contribution in [-0.2, 0) is 13.5 Å². The predicted octanol–water partition coefficient (Wildman–Crippen LogP) is 5.46. The highest BCUT2D eigenvalue weighted by molar-refractivity contribution is 6.07. The molecule has 0 aliphatic heterocycles. The lowest BCUT2D eigenvalue weighted by atomic mass is 9.97. The molecule has 134 valence electrons. The van der Waals surface area contributed by atoms with Crippen molar-refractivity contribution in [2.45, 2.75) is 27.2 Å². The second kappa shape index (κ2) is 6.55. The quantitative estimate of drug-likeness (QED) is 0.458. The van der Waals surface area contributed by atoms with Gasteiger partial charge in [0.25, 0.3) is 0 Å². The lowest BCUT2D eigenvalue weighted by Crippen LogP contribution is -2.30. The highest BCUT2D eigenvalue weighted by Gasteiger charge is 2.18. The van der Waals surface area contributed by atoms with Gasteiger partial charge in [0, 0.05) is 22.9 Å². The summed E-state index contributed by atoms with van der Waals surface area (Å²) in [4.78, 5) is 0. The number of aromatic nitrogens is 1. The zero-order chi connectivity index (χ0) is 19.1. The average Bonchev–Trinajstić information content (AvgIpc) is 2.99. The number of pyridine rings is 1. The van der Waals surface area contributed by atoms with Gasteiger partial charge in [0.2, 0.25) is 5.69 Å². The first kappa shape index (κ1) is 17.3. The fourth-order valence-electron chi connectivity index (χ4n) is 3.84. The van der Waals surface area contributed by atoms with Crippen molar-refractivity contribution in [1.29, 1.82) is 5.26 Å². The molecule has 3 nitrogen and oxygen atoms in total. The van der Waals surface area contributed by atoms with Crippen molar-refractivity contribution >= 4 is 21.9 Å². The molecule has 2 aromatic heterocycles. The minimum Gasteiger partial charge on any atom is -0.456 e. The van der Waals surface area contributed by atoms with Gasteiger partial charge in [-0.2, -0.15) is 5.26 Å². The van der Waals surface area contributed by atoms with Crippen LogP contribution in [0.25, 0.3) is 33.2 Å². The van der Waals surface area contributed by atoms with Gasteiger partial charge in [-0.15, -0.1) is 0 Å².